The van der Waals surface area contributed by atoms with Gasteiger partial charge in [-0.2, -0.15) is 0 Å². The Balaban J connectivity index is 1.76. The van der Waals surface area contributed by atoms with E-state index < -0.39 is 0 Å². The van der Waals surface area contributed by atoms with Crippen LogP contribution in [0.5, 0.6) is 0 Å². The number of hydrogen-bond donors (Lipinski definition) is 0. The smallest absolute Gasteiger partial charge is 0.0128 e. The summed E-state index contributed by atoms with van der Waals surface area (Å²) in [5.74, 6) is 0. The molecule has 2 aromatic carbocycles. The molecule has 0 nitrogen and oxygen atoms in total. The maximum Gasteiger partial charge on any atom is -0.0128 e. The van der Waals surface area contributed by atoms with E-state index >= 15 is 0 Å². The first kappa shape index (κ1) is 11.9. The molecule has 0 bridgehead atoms. The Morgan fingerprint density at radius 2 is 1.56 bits per heavy atom. The first-order chi connectivity index (χ1) is 8.93. The molecule has 2 aromatic rings. The van der Waals surface area contributed by atoms with E-state index in [2.05, 4.69) is 60.7 Å². The monoisotopic (exact) mass is 254 g/mol. The Bertz CT molecular complexity index is 477. The van der Waals surface area contributed by atoms with Gasteiger partial charge in [-0.25, -0.2) is 0 Å². The van der Waals surface area contributed by atoms with E-state index in [-0.39, 0.29) is 7.92 Å². The fourth-order valence-electron chi connectivity index (χ4n) is 2.89. The van der Waals surface area contributed by atoms with Crippen LogP contribution in [-0.2, 0) is 6.42 Å². The molecule has 0 N–H and O–H groups in total. The molecule has 0 amide bonds. The van der Waals surface area contributed by atoms with Gasteiger partial charge in [-0.05, 0) is 42.0 Å². The number of hydrogen-bond acceptors (Lipinski definition) is 0. The van der Waals surface area contributed by atoms with E-state index in [9.17, 15) is 0 Å². The standard InChI is InChI=1S/C17H19P/c1-3-8-15(9-4-1)14-17-12-7-13-18(17)16-10-5-2-6-11-16/h1-6,8-11,17H,7,12-14H2. The van der Waals surface area contributed by atoms with Crippen molar-refractivity contribution >= 4 is 13.2 Å². The average Bonchev–Trinajstić information content (AvgIpc) is 2.89. The largest absolute Gasteiger partial charge is 0.0718 e. The third-order valence-corrected chi connectivity index (χ3v) is 6.86. The van der Waals surface area contributed by atoms with E-state index in [0.29, 0.717) is 0 Å². The Hall–Kier alpha value is -1.13. The summed E-state index contributed by atoms with van der Waals surface area (Å²) < 4.78 is 0. The third kappa shape index (κ3) is 2.65. The average molecular weight is 254 g/mol. The minimum absolute atomic E-state index is 0.0727. The fraction of sp³-hybridized carbons (Fsp3) is 0.294. The molecule has 2 atom stereocenters. The lowest BCUT2D eigenvalue weighted by Gasteiger charge is -2.20. The summed E-state index contributed by atoms with van der Waals surface area (Å²) >= 11 is 0. The maximum absolute atomic E-state index is 2.33. The van der Waals surface area contributed by atoms with E-state index in [1.54, 1.807) is 5.30 Å². The van der Waals surface area contributed by atoms with Crippen molar-refractivity contribution in [1.29, 1.82) is 0 Å². The van der Waals surface area contributed by atoms with Crippen LogP contribution in [-0.4, -0.2) is 11.8 Å². The zero-order valence-electron chi connectivity index (χ0n) is 10.6. The molecule has 92 valence electrons. The molecule has 1 aliphatic heterocycles. The highest BCUT2D eigenvalue weighted by Gasteiger charge is 2.27. The molecule has 1 aliphatic rings. The molecule has 0 spiro atoms. The van der Waals surface area contributed by atoms with Crippen LogP contribution in [0.2, 0.25) is 0 Å². The Morgan fingerprint density at radius 3 is 2.28 bits per heavy atom. The van der Waals surface area contributed by atoms with Gasteiger partial charge in [0.15, 0.2) is 0 Å². The predicted molar refractivity (Wildman–Crippen MR) is 81.0 cm³/mol. The molecule has 0 aliphatic carbocycles. The topological polar surface area (TPSA) is 0 Å². The molecule has 18 heavy (non-hydrogen) atoms. The lowest BCUT2D eigenvalue weighted by Crippen LogP contribution is -2.12. The van der Waals surface area contributed by atoms with Gasteiger partial charge in [-0.1, -0.05) is 68.6 Å². The van der Waals surface area contributed by atoms with Crippen molar-refractivity contribution in [3.05, 3.63) is 66.2 Å². The quantitative estimate of drug-likeness (QED) is 0.720. The van der Waals surface area contributed by atoms with Gasteiger partial charge in [-0.15, -0.1) is 0 Å². The van der Waals surface area contributed by atoms with Crippen molar-refractivity contribution in [2.45, 2.75) is 24.9 Å². The molecule has 1 heteroatoms. The summed E-state index contributed by atoms with van der Waals surface area (Å²) in [4.78, 5) is 0. The molecule has 0 aromatic heterocycles. The molecule has 1 saturated heterocycles. The first-order valence-electron chi connectivity index (χ1n) is 6.79. The molecule has 0 saturated carbocycles. The summed E-state index contributed by atoms with van der Waals surface area (Å²) in [6.07, 6.45) is 5.52. The highest BCUT2D eigenvalue weighted by Crippen LogP contribution is 2.50. The van der Waals surface area contributed by atoms with Gasteiger partial charge in [0.2, 0.25) is 0 Å². The molecular weight excluding hydrogens is 235 g/mol. The van der Waals surface area contributed by atoms with Crippen molar-refractivity contribution in [3.8, 4) is 0 Å². The summed E-state index contributed by atoms with van der Waals surface area (Å²) in [5, 5.41) is 1.60. The van der Waals surface area contributed by atoms with E-state index in [0.717, 1.165) is 5.66 Å². The summed E-state index contributed by atoms with van der Waals surface area (Å²) in [5.41, 5.74) is 2.40. The highest BCUT2D eigenvalue weighted by atomic mass is 31.1. The molecule has 2 unspecified atom stereocenters. The minimum atomic E-state index is 0.0727. The van der Waals surface area contributed by atoms with Gasteiger partial charge >= 0.3 is 0 Å². The summed E-state index contributed by atoms with van der Waals surface area (Å²) in [7, 11) is 0.0727. The van der Waals surface area contributed by atoms with Crippen LogP contribution in [0.3, 0.4) is 0 Å². The highest BCUT2D eigenvalue weighted by molar-refractivity contribution is 7.66. The molecule has 0 radical (unpaired) electrons. The second kappa shape index (κ2) is 5.67. The van der Waals surface area contributed by atoms with Gasteiger partial charge < -0.3 is 0 Å². The van der Waals surface area contributed by atoms with Crippen molar-refractivity contribution in [2.24, 2.45) is 0 Å². The van der Waals surface area contributed by atoms with Crippen molar-refractivity contribution in [1.82, 2.24) is 0 Å². The van der Waals surface area contributed by atoms with Gasteiger partial charge in [0, 0.05) is 0 Å². The zero-order chi connectivity index (χ0) is 12.2. The van der Waals surface area contributed by atoms with Crippen molar-refractivity contribution in [2.75, 3.05) is 6.16 Å². The van der Waals surface area contributed by atoms with E-state index in [1.807, 2.05) is 0 Å². The fourth-order valence-corrected chi connectivity index (χ4v) is 5.94. The Kier molecular flexibility index (Phi) is 3.76. The van der Waals surface area contributed by atoms with E-state index in [4.69, 9.17) is 0 Å². The summed E-state index contributed by atoms with van der Waals surface area (Å²) in [6.45, 7) is 0. The van der Waals surface area contributed by atoms with Crippen LogP contribution in [0.4, 0.5) is 0 Å². The van der Waals surface area contributed by atoms with Gasteiger partial charge in [0.05, 0.1) is 0 Å². The normalized spacial score (nSPS) is 23.1. The number of rotatable bonds is 3. The van der Waals surface area contributed by atoms with Gasteiger partial charge in [-0.3, -0.25) is 0 Å². The lowest BCUT2D eigenvalue weighted by molar-refractivity contribution is 0.774. The first-order valence-corrected chi connectivity index (χ1v) is 8.39. The van der Waals surface area contributed by atoms with Crippen LogP contribution in [0.15, 0.2) is 60.7 Å². The van der Waals surface area contributed by atoms with Gasteiger partial charge in [0.25, 0.3) is 0 Å². The zero-order valence-corrected chi connectivity index (χ0v) is 11.5. The molecule has 1 heterocycles. The summed E-state index contributed by atoms with van der Waals surface area (Å²) in [6, 6.07) is 22.1. The van der Waals surface area contributed by atoms with Gasteiger partial charge in [0.1, 0.15) is 0 Å². The molecule has 3 rings (SSSR count). The second-order valence-corrected chi connectivity index (χ2v) is 7.65. The van der Waals surface area contributed by atoms with Crippen LogP contribution >= 0.6 is 7.92 Å². The van der Waals surface area contributed by atoms with Crippen LogP contribution in [0.25, 0.3) is 0 Å². The maximum atomic E-state index is 2.33. The predicted octanol–water partition coefficient (Wildman–Crippen LogP) is 4.20. The Morgan fingerprint density at radius 1 is 0.889 bits per heavy atom. The molecule has 1 fully saturated rings. The van der Waals surface area contributed by atoms with E-state index in [1.165, 1.54) is 31.0 Å². The second-order valence-electron chi connectivity index (χ2n) is 5.01. The molecular formula is C17H19P. The van der Waals surface area contributed by atoms with Crippen LogP contribution in [0.1, 0.15) is 18.4 Å². The lowest BCUT2D eigenvalue weighted by atomic mass is 10.1. The third-order valence-electron chi connectivity index (χ3n) is 3.78. The van der Waals surface area contributed by atoms with Crippen LogP contribution in [0, 0.1) is 0 Å². The number of benzene rings is 2. The van der Waals surface area contributed by atoms with Crippen LogP contribution < -0.4 is 5.30 Å². The van der Waals surface area contributed by atoms with Crippen molar-refractivity contribution in [3.63, 3.8) is 0 Å². The SMILES string of the molecule is c1ccc(CC2CCCP2c2ccccc2)cc1. The minimum Gasteiger partial charge on any atom is -0.0718 e. The van der Waals surface area contributed by atoms with Crippen molar-refractivity contribution < 1.29 is 0 Å². The Labute approximate surface area is 111 Å².